The van der Waals surface area contributed by atoms with Gasteiger partial charge in [-0.2, -0.15) is 0 Å². The molecule has 35 heavy (non-hydrogen) atoms. The van der Waals surface area contributed by atoms with Gasteiger partial charge in [-0.15, -0.1) is 0 Å². The van der Waals surface area contributed by atoms with Crippen LogP contribution in [0.1, 0.15) is 29.5 Å². The van der Waals surface area contributed by atoms with Gasteiger partial charge in [-0.05, 0) is 41.7 Å². The summed E-state index contributed by atoms with van der Waals surface area (Å²) < 4.78 is 17.6. The van der Waals surface area contributed by atoms with Crippen LogP contribution in [0.5, 0.6) is 11.5 Å². The van der Waals surface area contributed by atoms with Gasteiger partial charge in [0.05, 0.1) is 0 Å². The summed E-state index contributed by atoms with van der Waals surface area (Å²) in [6, 6.07) is 24.3. The lowest BCUT2D eigenvalue weighted by Gasteiger charge is -2.19. The Labute approximate surface area is 205 Å². The normalized spacial score (nSPS) is 15.8. The predicted octanol–water partition coefficient (Wildman–Crippen LogP) is 3.54. The highest BCUT2D eigenvalue weighted by Crippen LogP contribution is 2.30. The van der Waals surface area contributed by atoms with Gasteiger partial charge in [0.25, 0.3) is 0 Å². The van der Waals surface area contributed by atoms with Gasteiger partial charge in [0.15, 0.2) is 11.5 Å². The van der Waals surface area contributed by atoms with Crippen LogP contribution in [0.15, 0.2) is 78.9 Å². The van der Waals surface area contributed by atoms with Gasteiger partial charge in [-0.1, -0.05) is 66.7 Å². The zero-order chi connectivity index (χ0) is 24.5. The number of benzene rings is 3. The Morgan fingerprint density at radius 1 is 0.886 bits per heavy atom. The number of amides is 2. The second-order valence-electron chi connectivity index (χ2n) is 8.50. The van der Waals surface area contributed by atoms with Crippen LogP contribution in [0.2, 0.25) is 0 Å². The molecule has 7 heteroatoms. The van der Waals surface area contributed by atoms with Crippen molar-refractivity contribution in [1.82, 2.24) is 5.32 Å². The second kappa shape index (κ2) is 12.0. The standard InChI is InChI=1S/C28H30N2O5/c29-27(31)23(30-28(32)25-12-7-15-33-25)16-22-13-14-24(34-18-20-8-3-1-4-9-20)26(17-22)35-19-21-10-5-2-6-11-21/h1-6,8-11,13-14,17,23,25H,7,12,15-16,18-19H2,(H2,29,31)(H,30,32)/t23-,25+/m1/s1. The first-order chi connectivity index (χ1) is 17.1. The fraction of sp³-hybridized carbons (Fsp3) is 0.286. The largest absolute Gasteiger partial charge is 0.485 e. The lowest BCUT2D eigenvalue weighted by Crippen LogP contribution is -2.49. The number of primary amides is 1. The molecule has 0 radical (unpaired) electrons. The second-order valence-corrected chi connectivity index (χ2v) is 8.50. The van der Waals surface area contributed by atoms with Gasteiger partial charge < -0.3 is 25.3 Å². The smallest absolute Gasteiger partial charge is 0.249 e. The van der Waals surface area contributed by atoms with Crippen LogP contribution >= 0.6 is 0 Å². The van der Waals surface area contributed by atoms with E-state index in [1.807, 2.05) is 78.9 Å². The van der Waals surface area contributed by atoms with Crippen LogP contribution in [-0.4, -0.2) is 30.6 Å². The van der Waals surface area contributed by atoms with Gasteiger partial charge >= 0.3 is 0 Å². The molecule has 1 heterocycles. The van der Waals surface area contributed by atoms with Gasteiger partial charge in [0.2, 0.25) is 11.8 Å². The van der Waals surface area contributed by atoms with Gasteiger partial charge in [-0.25, -0.2) is 0 Å². The Balaban J connectivity index is 1.49. The highest BCUT2D eigenvalue weighted by Gasteiger charge is 2.27. The predicted molar refractivity (Wildman–Crippen MR) is 132 cm³/mol. The van der Waals surface area contributed by atoms with Crippen LogP contribution in [0.3, 0.4) is 0 Å². The number of carbonyl (C=O) groups is 2. The van der Waals surface area contributed by atoms with E-state index in [-0.39, 0.29) is 12.3 Å². The SMILES string of the molecule is NC(=O)[C@@H](Cc1ccc(OCc2ccccc2)c(OCc2ccccc2)c1)NC(=O)[C@@H]1CCCO1. The molecule has 1 aliphatic heterocycles. The number of carbonyl (C=O) groups excluding carboxylic acids is 2. The molecule has 7 nitrogen and oxygen atoms in total. The minimum absolute atomic E-state index is 0.231. The molecule has 1 fully saturated rings. The Morgan fingerprint density at radius 3 is 2.09 bits per heavy atom. The summed E-state index contributed by atoms with van der Waals surface area (Å²) in [7, 11) is 0. The molecule has 1 saturated heterocycles. The molecule has 0 bridgehead atoms. The fourth-order valence-corrected chi connectivity index (χ4v) is 3.89. The van der Waals surface area contributed by atoms with Crippen molar-refractivity contribution in [2.75, 3.05) is 6.61 Å². The summed E-state index contributed by atoms with van der Waals surface area (Å²) in [5.41, 5.74) is 8.44. The third kappa shape index (κ3) is 7.07. The molecule has 0 aliphatic carbocycles. The summed E-state index contributed by atoms with van der Waals surface area (Å²) in [6.07, 6.45) is 1.16. The summed E-state index contributed by atoms with van der Waals surface area (Å²) in [5, 5.41) is 2.73. The third-order valence-corrected chi connectivity index (χ3v) is 5.80. The van der Waals surface area contributed by atoms with E-state index in [2.05, 4.69) is 5.32 Å². The number of nitrogens with one attached hydrogen (secondary N) is 1. The number of hydrogen-bond donors (Lipinski definition) is 2. The molecule has 182 valence electrons. The molecule has 0 aromatic heterocycles. The monoisotopic (exact) mass is 474 g/mol. The number of nitrogens with two attached hydrogens (primary N) is 1. The molecule has 4 rings (SSSR count). The molecule has 3 aromatic carbocycles. The van der Waals surface area contributed by atoms with E-state index in [1.54, 1.807) is 0 Å². The number of hydrogen-bond acceptors (Lipinski definition) is 5. The van der Waals surface area contributed by atoms with Crippen molar-refractivity contribution < 1.29 is 23.8 Å². The highest BCUT2D eigenvalue weighted by atomic mass is 16.5. The third-order valence-electron chi connectivity index (χ3n) is 5.80. The van der Waals surface area contributed by atoms with E-state index in [4.69, 9.17) is 19.9 Å². The lowest BCUT2D eigenvalue weighted by atomic mass is 10.0. The Morgan fingerprint density at radius 2 is 1.51 bits per heavy atom. The quantitative estimate of drug-likeness (QED) is 0.443. The van der Waals surface area contributed by atoms with Crippen molar-refractivity contribution >= 4 is 11.8 Å². The lowest BCUT2D eigenvalue weighted by molar-refractivity contribution is -0.133. The maximum Gasteiger partial charge on any atom is 0.249 e. The van der Waals surface area contributed by atoms with Gasteiger partial charge in [-0.3, -0.25) is 9.59 Å². The van der Waals surface area contributed by atoms with Crippen molar-refractivity contribution in [2.45, 2.75) is 44.6 Å². The molecule has 0 unspecified atom stereocenters. The van der Waals surface area contributed by atoms with Crippen LogP contribution in [0.25, 0.3) is 0 Å². The summed E-state index contributed by atoms with van der Waals surface area (Å²) >= 11 is 0. The Kier molecular flexibility index (Phi) is 8.35. The molecule has 2 amide bonds. The summed E-state index contributed by atoms with van der Waals surface area (Å²) in [4.78, 5) is 24.5. The van der Waals surface area contributed by atoms with Crippen LogP contribution < -0.4 is 20.5 Å². The van der Waals surface area contributed by atoms with Crippen molar-refractivity contribution in [3.8, 4) is 11.5 Å². The van der Waals surface area contributed by atoms with Crippen molar-refractivity contribution in [2.24, 2.45) is 5.73 Å². The van der Waals surface area contributed by atoms with E-state index in [1.165, 1.54) is 0 Å². The van der Waals surface area contributed by atoms with E-state index < -0.39 is 18.1 Å². The van der Waals surface area contributed by atoms with E-state index in [9.17, 15) is 9.59 Å². The maximum absolute atomic E-state index is 12.5. The van der Waals surface area contributed by atoms with Gasteiger partial charge in [0.1, 0.15) is 25.4 Å². The Bertz CT molecular complexity index is 1110. The first-order valence-corrected chi connectivity index (χ1v) is 11.8. The molecule has 0 saturated carbocycles. The summed E-state index contributed by atoms with van der Waals surface area (Å²) in [5.74, 6) is 0.227. The van der Waals surface area contributed by atoms with E-state index in [0.29, 0.717) is 37.7 Å². The molecule has 3 N–H and O–H groups in total. The van der Waals surface area contributed by atoms with Crippen molar-refractivity contribution in [3.05, 3.63) is 95.6 Å². The Hall–Kier alpha value is -3.84. The minimum Gasteiger partial charge on any atom is -0.485 e. The maximum atomic E-state index is 12.5. The topological polar surface area (TPSA) is 99.9 Å². The fourth-order valence-electron chi connectivity index (χ4n) is 3.89. The highest BCUT2D eigenvalue weighted by molar-refractivity contribution is 5.88. The van der Waals surface area contributed by atoms with Gasteiger partial charge in [0, 0.05) is 13.0 Å². The van der Waals surface area contributed by atoms with E-state index in [0.717, 1.165) is 23.1 Å². The minimum atomic E-state index is -0.857. The molecular formula is C28H30N2O5. The average molecular weight is 475 g/mol. The summed E-state index contributed by atoms with van der Waals surface area (Å²) in [6.45, 7) is 1.30. The van der Waals surface area contributed by atoms with Crippen LogP contribution in [-0.2, 0) is 34.0 Å². The van der Waals surface area contributed by atoms with Crippen molar-refractivity contribution in [3.63, 3.8) is 0 Å². The molecule has 1 aliphatic rings. The van der Waals surface area contributed by atoms with Crippen LogP contribution in [0, 0.1) is 0 Å². The molecule has 0 spiro atoms. The average Bonchev–Trinajstić information content (AvgIpc) is 3.43. The number of rotatable bonds is 11. The molecule has 3 aromatic rings. The first-order valence-electron chi connectivity index (χ1n) is 11.8. The molecular weight excluding hydrogens is 444 g/mol. The van der Waals surface area contributed by atoms with Crippen LogP contribution in [0.4, 0.5) is 0 Å². The number of ether oxygens (including phenoxy) is 3. The first kappa shape index (κ1) is 24.3. The molecule has 2 atom stereocenters. The van der Waals surface area contributed by atoms with E-state index >= 15 is 0 Å². The zero-order valence-corrected chi connectivity index (χ0v) is 19.5. The van der Waals surface area contributed by atoms with Crippen molar-refractivity contribution in [1.29, 1.82) is 0 Å². The zero-order valence-electron chi connectivity index (χ0n) is 19.5.